The summed E-state index contributed by atoms with van der Waals surface area (Å²) in [6.07, 6.45) is 4.22. The van der Waals surface area contributed by atoms with Crippen LogP contribution in [0, 0.1) is 11.3 Å². The summed E-state index contributed by atoms with van der Waals surface area (Å²) in [6.45, 7) is 5.88. The number of aldehydes is 1. The summed E-state index contributed by atoms with van der Waals surface area (Å²) >= 11 is 0. The van der Waals surface area contributed by atoms with Gasteiger partial charge in [0.25, 0.3) is 0 Å². The Labute approximate surface area is 110 Å². The zero-order valence-corrected chi connectivity index (χ0v) is 11.7. The Bertz CT molecular complexity index is 277. The second-order valence-corrected chi connectivity index (χ2v) is 6.21. The van der Waals surface area contributed by atoms with E-state index in [0.717, 1.165) is 45.1 Å². The number of hydrogen-bond acceptors (Lipinski definition) is 4. The maximum atomic E-state index is 11.4. The van der Waals surface area contributed by atoms with Gasteiger partial charge in [-0.1, -0.05) is 0 Å². The van der Waals surface area contributed by atoms with Crippen molar-refractivity contribution in [2.75, 3.05) is 53.5 Å². The fourth-order valence-corrected chi connectivity index (χ4v) is 3.31. The van der Waals surface area contributed by atoms with Crippen LogP contribution in [-0.2, 0) is 9.53 Å². The predicted octanol–water partition coefficient (Wildman–Crippen LogP) is 0.866. The van der Waals surface area contributed by atoms with Gasteiger partial charge in [0.2, 0.25) is 0 Å². The van der Waals surface area contributed by atoms with E-state index < -0.39 is 0 Å². The molecule has 18 heavy (non-hydrogen) atoms. The van der Waals surface area contributed by atoms with Gasteiger partial charge in [-0.3, -0.25) is 0 Å². The average molecular weight is 254 g/mol. The lowest BCUT2D eigenvalue weighted by Crippen LogP contribution is -2.42. The van der Waals surface area contributed by atoms with E-state index in [1.54, 1.807) is 0 Å². The van der Waals surface area contributed by atoms with Crippen molar-refractivity contribution in [1.29, 1.82) is 0 Å². The first-order valence-corrected chi connectivity index (χ1v) is 7.05. The number of rotatable bonds is 5. The number of nitrogens with zero attached hydrogens (tertiary/aromatic N) is 2. The summed E-state index contributed by atoms with van der Waals surface area (Å²) in [5, 5.41) is 0. The van der Waals surface area contributed by atoms with Crippen molar-refractivity contribution in [1.82, 2.24) is 9.80 Å². The second-order valence-electron chi connectivity index (χ2n) is 6.21. The minimum atomic E-state index is -0.155. The summed E-state index contributed by atoms with van der Waals surface area (Å²) < 4.78 is 5.37. The number of ether oxygens (including phenoxy) is 1. The van der Waals surface area contributed by atoms with Crippen molar-refractivity contribution < 1.29 is 9.53 Å². The molecule has 0 amide bonds. The van der Waals surface area contributed by atoms with Crippen LogP contribution in [0.1, 0.15) is 19.3 Å². The highest BCUT2D eigenvalue weighted by molar-refractivity contribution is 5.60. The van der Waals surface area contributed by atoms with Crippen molar-refractivity contribution in [3.63, 3.8) is 0 Å². The van der Waals surface area contributed by atoms with Crippen molar-refractivity contribution in [3.05, 3.63) is 0 Å². The molecule has 0 radical (unpaired) electrons. The van der Waals surface area contributed by atoms with Crippen molar-refractivity contribution >= 4 is 6.29 Å². The zero-order valence-electron chi connectivity index (χ0n) is 11.7. The standard InChI is InChI=1S/C14H26N2O2/c1-15-6-3-13(9-15)10-16(2)11-14(12-17)4-7-18-8-5-14/h12-13H,3-11H2,1-2H3. The first kappa shape index (κ1) is 14.0. The van der Waals surface area contributed by atoms with E-state index in [1.165, 1.54) is 25.8 Å². The fourth-order valence-electron chi connectivity index (χ4n) is 3.31. The third-order valence-electron chi connectivity index (χ3n) is 4.38. The van der Waals surface area contributed by atoms with E-state index in [9.17, 15) is 4.79 Å². The Balaban J connectivity index is 1.81. The quantitative estimate of drug-likeness (QED) is 0.682. The molecule has 0 aromatic rings. The Morgan fingerprint density at radius 3 is 2.72 bits per heavy atom. The molecule has 104 valence electrons. The molecule has 4 heteroatoms. The molecule has 0 aromatic carbocycles. The maximum Gasteiger partial charge on any atom is 0.127 e. The van der Waals surface area contributed by atoms with E-state index in [-0.39, 0.29) is 5.41 Å². The molecule has 0 N–H and O–H groups in total. The van der Waals surface area contributed by atoms with E-state index in [1.807, 2.05) is 0 Å². The highest BCUT2D eigenvalue weighted by atomic mass is 16.5. The van der Waals surface area contributed by atoms with Crippen LogP contribution < -0.4 is 0 Å². The van der Waals surface area contributed by atoms with Crippen LogP contribution in [0.2, 0.25) is 0 Å². The molecule has 0 saturated carbocycles. The molecule has 0 aliphatic carbocycles. The topological polar surface area (TPSA) is 32.8 Å². The molecule has 2 heterocycles. The van der Waals surface area contributed by atoms with Gasteiger partial charge in [0.15, 0.2) is 0 Å². The Kier molecular flexibility index (Phi) is 4.76. The van der Waals surface area contributed by atoms with Gasteiger partial charge in [0.05, 0.1) is 0 Å². The molecule has 0 aromatic heterocycles. The maximum absolute atomic E-state index is 11.4. The normalized spacial score (nSPS) is 28.7. The van der Waals surface area contributed by atoms with Crippen molar-refractivity contribution in [2.45, 2.75) is 19.3 Å². The molecule has 2 aliphatic rings. The van der Waals surface area contributed by atoms with Crippen LogP contribution in [0.25, 0.3) is 0 Å². The summed E-state index contributed by atoms with van der Waals surface area (Å²) in [5.41, 5.74) is -0.155. The SMILES string of the molecule is CN1CCC(CN(C)CC2(C=O)CCOCC2)C1. The monoisotopic (exact) mass is 254 g/mol. The second kappa shape index (κ2) is 6.13. The van der Waals surface area contributed by atoms with Gasteiger partial charge in [-0.25, -0.2) is 0 Å². The van der Waals surface area contributed by atoms with E-state index >= 15 is 0 Å². The van der Waals surface area contributed by atoms with Gasteiger partial charge < -0.3 is 19.3 Å². The van der Waals surface area contributed by atoms with Crippen LogP contribution in [0.3, 0.4) is 0 Å². The van der Waals surface area contributed by atoms with E-state index in [0.29, 0.717) is 0 Å². The van der Waals surface area contributed by atoms with Crippen LogP contribution in [0.4, 0.5) is 0 Å². The van der Waals surface area contributed by atoms with Crippen LogP contribution in [-0.4, -0.2) is 69.6 Å². The van der Waals surface area contributed by atoms with Crippen LogP contribution in [0.15, 0.2) is 0 Å². The van der Waals surface area contributed by atoms with Gasteiger partial charge in [-0.05, 0) is 45.8 Å². The largest absolute Gasteiger partial charge is 0.381 e. The van der Waals surface area contributed by atoms with E-state index in [4.69, 9.17) is 4.74 Å². The molecule has 2 fully saturated rings. The lowest BCUT2D eigenvalue weighted by molar-refractivity contribution is -0.122. The summed E-state index contributed by atoms with van der Waals surface area (Å²) in [5.74, 6) is 0.767. The third-order valence-corrected chi connectivity index (χ3v) is 4.38. The highest BCUT2D eigenvalue weighted by Crippen LogP contribution is 2.29. The van der Waals surface area contributed by atoms with Crippen molar-refractivity contribution in [2.24, 2.45) is 11.3 Å². The van der Waals surface area contributed by atoms with Gasteiger partial charge in [-0.15, -0.1) is 0 Å². The van der Waals surface area contributed by atoms with Crippen molar-refractivity contribution in [3.8, 4) is 0 Å². The molecule has 4 nitrogen and oxygen atoms in total. The average Bonchev–Trinajstić information content (AvgIpc) is 2.75. The third kappa shape index (κ3) is 3.53. The van der Waals surface area contributed by atoms with Gasteiger partial charge in [-0.2, -0.15) is 0 Å². The van der Waals surface area contributed by atoms with Crippen LogP contribution >= 0.6 is 0 Å². The molecule has 1 atom stereocenters. The number of likely N-dealkylation sites (tertiary alicyclic amines) is 1. The molecule has 2 rings (SSSR count). The molecular formula is C14H26N2O2. The molecule has 2 aliphatic heterocycles. The van der Waals surface area contributed by atoms with Gasteiger partial charge in [0.1, 0.15) is 6.29 Å². The number of carbonyl (C=O) groups is 1. The Hall–Kier alpha value is -0.450. The minimum absolute atomic E-state index is 0.155. The first-order valence-electron chi connectivity index (χ1n) is 7.05. The summed E-state index contributed by atoms with van der Waals surface area (Å²) in [4.78, 5) is 16.2. The van der Waals surface area contributed by atoms with Gasteiger partial charge >= 0.3 is 0 Å². The molecule has 0 bridgehead atoms. The summed E-state index contributed by atoms with van der Waals surface area (Å²) in [6, 6.07) is 0. The molecular weight excluding hydrogens is 228 g/mol. The Morgan fingerprint density at radius 2 is 2.17 bits per heavy atom. The highest BCUT2D eigenvalue weighted by Gasteiger charge is 2.34. The lowest BCUT2D eigenvalue weighted by Gasteiger charge is -2.36. The zero-order chi connectivity index (χ0) is 13.0. The molecule has 2 saturated heterocycles. The molecule has 1 unspecified atom stereocenters. The van der Waals surface area contributed by atoms with Crippen LogP contribution in [0.5, 0.6) is 0 Å². The van der Waals surface area contributed by atoms with E-state index in [2.05, 4.69) is 23.9 Å². The molecule has 0 spiro atoms. The van der Waals surface area contributed by atoms with Gasteiger partial charge in [0, 0.05) is 38.3 Å². The first-order chi connectivity index (χ1) is 8.63. The fraction of sp³-hybridized carbons (Fsp3) is 0.929. The lowest BCUT2D eigenvalue weighted by atomic mass is 9.81. The predicted molar refractivity (Wildman–Crippen MR) is 71.7 cm³/mol. The summed E-state index contributed by atoms with van der Waals surface area (Å²) in [7, 11) is 4.34. The Morgan fingerprint density at radius 1 is 1.44 bits per heavy atom. The smallest absolute Gasteiger partial charge is 0.127 e. The minimum Gasteiger partial charge on any atom is -0.381 e. The number of carbonyl (C=O) groups excluding carboxylic acids is 1. The number of hydrogen-bond donors (Lipinski definition) is 0.